The Bertz CT molecular complexity index is 578. The quantitative estimate of drug-likeness (QED) is 0.794. The number of hydrogen-bond donors (Lipinski definition) is 2. The van der Waals surface area contributed by atoms with Crippen molar-refractivity contribution in [2.75, 3.05) is 39.3 Å². The van der Waals surface area contributed by atoms with Gasteiger partial charge in [0, 0.05) is 25.8 Å². The van der Waals surface area contributed by atoms with Gasteiger partial charge in [-0.25, -0.2) is 4.79 Å². The van der Waals surface area contributed by atoms with Crippen LogP contribution in [0.1, 0.15) is 22.5 Å². The summed E-state index contributed by atoms with van der Waals surface area (Å²) in [7, 11) is 0. The lowest BCUT2D eigenvalue weighted by Crippen LogP contribution is -2.58. The Kier molecular flexibility index (Phi) is 5.27. The standard InChI is InChI=1S/C16H23N5O3/c17-15(22)14-3-2-12(8-19-14)11-24-13-9-21(10-13)16(23)20-6-1-4-18-5-7-20/h2-3,8,13,18H,1,4-7,9-11H2,(H2,17,22). The summed E-state index contributed by atoms with van der Waals surface area (Å²) in [4.78, 5) is 31.0. The fourth-order valence-electron chi connectivity index (χ4n) is 2.81. The molecule has 0 unspecified atom stereocenters. The van der Waals surface area contributed by atoms with E-state index in [1.165, 1.54) is 0 Å². The summed E-state index contributed by atoms with van der Waals surface area (Å²) in [6.45, 7) is 5.05. The fraction of sp³-hybridized carbons (Fsp3) is 0.562. The zero-order valence-electron chi connectivity index (χ0n) is 13.6. The maximum absolute atomic E-state index is 12.4. The minimum atomic E-state index is -0.542. The maximum atomic E-state index is 12.4. The van der Waals surface area contributed by atoms with E-state index in [4.69, 9.17) is 10.5 Å². The molecule has 2 aliphatic heterocycles. The van der Waals surface area contributed by atoms with E-state index in [-0.39, 0.29) is 17.8 Å². The second-order valence-electron chi connectivity index (χ2n) is 6.13. The third-order valence-corrected chi connectivity index (χ3v) is 4.29. The molecule has 2 aliphatic rings. The lowest BCUT2D eigenvalue weighted by atomic mass is 10.1. The summed E-state index contributed by atoms with van der Waals surface area (Å²) >= 11 is 0. The molecule has 3 amide bonds. The van der Waals surface area contributed by atoms with E-state index < -0.39 is 5.91 Å². The fourth-order valence-corrected chi connectivity index (χ4v) is 2.81. The highest BCUT2D eigenvalue weighted by Crippen LogP contribution is 2.16. The summed E-state index contributed by atoms with van der Waals surface area (Å²) in [6.07, 6.45) is 2.63. The molecule has 130 valence electrons. The van der Waals surface area contributed by atoms with Crippen LogP contribution in [0.15, 0.2) is 18.3 Å². The van der Waals surface area contributed by atoms with Crippen molar-refractivity contribution in [1.82, 2.24) is 20.1 Å². The number of pyridine rings is 1. The molecule has 0 bridgehead atoms. The van der Waals surface area contributed by atoms with Crippen molar-refractivity contribution in [2.45, 2.75) is 19.1 Å². The van der Waals surface area contributed by atoms with Gasteiger partial charge in [-0.15, -0.1) is 0 Å². The molecule has 0 saturated carbocycles. The number of ether oxygens (including phenoxy) is 1. The molecule has 3 rings (SSSR count). The van der Waals surface area contributed by atoms with E-state index in [2.05, 4.69) is 10.3 Å². The second-order valence-corrected chi connectivity index (χ2v) is 6.13. The molecule has 2 saturated heterocycles. The van der Waals surface area contributed by atoms with E-state index in [0.717, 1.165) is 38.2 Å². The Morgan fingerprint density at radius 2 is 2.08 bits per heavy atom. The van der Waals surface area contributed by atoms with Crippen LogP contribution >= 0.6 is 0 Å². The van der Waals surface area contributed by atoms with Gasteiger partial charge in [0.2, 0.25) is 0 Å². The third-order valence-electron chi connectivity index (χ3n) is 4.29. The van der Waals surface area contributed by atoms with Crippen molar-refractivity contribution >= 4 is 11.9 Å². The summed E-state index contributed by atoms with van der Waals surface area (Å²) < 4.78 is 5.78. The third kappa shape index (κ3) is 4.01. The normalized spacial score (nSPS) is 18.8. The van der Waals surface area contributed by atoms with Gasteiger partial charge in [-0.2, -0.15) is 0 Å². The number of nitrogens with zero attached hydrogens (tertiary/aromatic N) is 3. The second kappa shape index (κ2) is 7.59. The Balaban J connectivity index is 1.40. The number of carbonyl (C=O) groups is 2. The number of carbonyl (C=O) groups excluding carboxylic acids is 2. The topological polar surface area (TPSA) is 101 Å². The van der Waals surface area contributed by atoms with Crippen LogP contribution in [0, 0.1) is 0 Å². The number of aromatic nitrogens is 1. The lowest BCUT2D eigenvalue weighted by molar-refractivity contribution is -0.0493. The number of nitrogens with two attached hydrogens (primary N) is 1. The van der Waals surface area contributed by atoms with Crippen LogP contribution < -0.4 is 11.1 Å². The van der Waals surface area contributed by atoms with Crippen molar-refractivity contribution in [3.05, 3.63) is 29.6 Å². The Morgan fingerprint density at radius 3 is 2.79 bits per heavy atom. The number of primary amides is 1. The number of urea groups is 1. The predicted octanol–water partition coefficient (Wildman–Crippen LogP) is -0.203. The van der Waals surface area contributed by atoms with Gasteiger partial charge in [0.15, 0.2) is 0 Å². The minimum absolute atomic E-state index is 0.0508. The first-order valence-corrected chi connectivity index (χ1v) is 8.24. The van der Waals surface area contributed by atoms with Crippen molar-refractivity contribution in [2.24, 2.45) is 5.73 Å². The first-order valence-electron chi connectivity index (χ1n) is 8.24. The van der Waals surface area contributed by atoms with E-state index >= 15 is 0 Å². The molecular weight excluding hydrogens is 310 g/mol. The van der Waals surface area contributed by atoms with Gasteiger partial charge in [-0.3, -0.25) is 9.78 Å². The molecule has 3 heterocycles. The van der Waals surface area contributed by atoms with Crippen LogP contribution in [0.5, 0.6) is 0 Å². The zero-order valence-corrected chi connectivity index (χ0v) is 13.6. The molecule has 1 aromatic heterocycles. The highest BCUT2D eigenvalue weighted by atomic mass is 16.5. The van der Waals surface area contributed by atoms with Gasteiger partial charge in [0.25, 0.3) is 5.91 Å². The molecular formula is C16H23N5O3. The molecule has 8 heteroatoms. The number of nitrogens with one attached hydrogen (secondary N) is 1. The van der Waals surface area contributed by atoms with E-state index in [1.807, 2.05) is 9.80 Å². The van der Waals surface area contributed by atoms with Gasteiger partial charge in [-0.1, -0.05) is 6.07 Å². The average molecular weight is 333 g/mol. The van der Waals surface area contributed by atoms with Crippen LogP contribution in [-0.2, 0) is 11.3 Å². The molecule has 0 aromatic carbocycles. The number of likely N-dealkylation sites (tertiary alicyclic amines) is 1. The maximum Gasteiger partial charge on any atom is 0.320 e. The monoisotopic (exact) mass is 333 g/mol. The van der Waals surface area contributed by atoms with Crippen LogP contribution in [-0.4, -0.2) is 72.1 Å². The van der Waals surface area contributed by atoms with E-state index in [1.54, 1.807) is 18.3 Å². The van der Waals surface area contributed by atoms with Crippen molar-refractivity contribution in [1.29, 1.82) is 0 Å². The molecule has 0 spiro atoms. The van der Waals surface area contributed by atoms with E-state index in [9.17, 15) is 9.59 Å². The Morgan fingerprint density at radius 1 is 1.25 bits per heavy atom. The van der Waals surface area contributed by atoms with Gasteiger partial charge >= 0.3 is 6.03 Å². The highest BCUT2D eigenvalue weighted by molar-refractivity contribution is 5.90. The first kappa shape index (κ1) is 16.7. The average Bonchev–Trinajstić information content (AvgIpc) is 2.83. The van der Waals surface area contributed by atoms with Crippen molar-refractivity contribution in [3.63, 3.8) is 0 Å². The van der Waals surface area contributed by atoms with Crippen LogP contribution in [0.2, 0.25) is 0 Å². The number of rotatable bonds is 4. The summed E-state index contributed by atoms with van der Waals surface area (Å²) in [5, 5.41) is 3.29. The summed E-state index contributed by atoms with van der Waals surface area (Å²) in [5.41, 5.74) is 6.27. The predicted molar refractivity (Wildman–Crippen MR) is 87.4 cm³/mol. The Hall–Kier alpha value is -2.19. The summed E-state index contributed by atoms with van der Waals surface area (Å²) in [6, 6.07) is 3.47. The smallest absolute Gasteiger partial charge is 0.320 e. The molecule has 24 heavy (non-hydrogen) atoms. The molecule has 3 N–H and O–H groups in total. The molecule has 2 fully saturated rings. The van der Waals surface area contributed by atoms with Gasteiger partial charge in [-0.05, 0) is 24.6 Å². The van der Waals surface area contributed by atoms with Crippen molar-refractivity contribution < 1.29 is 14.3 Å². The van der Waals surface area contributed by atoms with Gasteiger partial charge in [0.1, 0.15) is 5.69 Å². The van der Waals surface area contributed by atoms with E-state index in [0.29, 0.717) is 19.7 Å². The van der Waals surface area contributed by atoms with Crippen LogP contribution in [0.25, 0.3) is 0 Å². The largest absolute Gasteiger partial charge is 0.370 e. The molecule has 0 atom stereocenters. The Labute approximate surface area is 140 Å². The first-order chi connectivity index (χ1) is 11.6. The molecule has 1 aromatic rings. The van der Waals surface area contributed by atoms with Crippen molar-refractivity contribution in [3.8, 4) is 0 Å². The van der Waals surface area contributed by atoms with Crippen LogP contribution in [0.3, 0.4) is 0 Å². The molecule has 0 aliphatic carbocycles. The van der Waals surface area contributed by atoms with Gasteiger partial charge in [0.05, 0.1) is 25.8 Å². The van der Waals surface area contributed by atoms with Crippen LogP contribution in [0.4, 0.5) is 4.79 Å². The number of amides is 3. The lowest BCUT2D eigenvalue weighted by Gasteiger charge is -2.41. The molecule has 0 radical (unpaired) electrons. The SMILES string of the molecule is NC(=O)c1ccc(COC2CN(C(=O)N3CCCNCC3)C2)cn1. The minimum Gasteiger partial charge on any atom is -0.370 e. The summed E-state index contributed by atoms with van der Waals surface area (Å²) in [5.74, 6) is -0.542. The molecule has 8 nitrogen and oxygen atoms in total. The zero-order chi connectivity index (χ0) is 16.9. The van der Waals surface area contributed by atoms with Gasteiger partial charge < -0.3 is 25.6 Å². The number of hydrogen-bond acceptors (Lipinski definition) is 5. The highest BCUT2D eigenvalue weighted by Gasteiger charge is 2.34.